The number of carbonyl (C=O) groups excluding carboxylic acids is 2. The van der Waals surface area contributed by atoms with E-state index in [4.69, 9.17) is 5.11 Å². The van der Waals surface area contributed by atoms with E-state index in [-0.39, 0.29) is 12.3 Å². The lowest BCUT2D eigenvalue weighted by Gasteiger charge is -2.30. The van der Waals surface area contributed by atoms with Gasteiger partial charge >= 0.3 is 5.97 Å². The fourth-order valence-corrected chi connectivity index (χ4v) is 2.72. The Hall–Kier alpha value is -2.21. The first kappa shape index (κ1) is 20.8. The number of rotatable bonds is 12. The van der Waals surface area contributed by atoms with E-state index in [0.717, 1.165) is 43.3 Å². The summed E-state index contributed by atoms with van der Waals surface area (Å²) >= 11 is 0. The van der Waals surface area contributed by atoms with E-state index >= 15 is 0 Å². The molecule has 0 heterocycles. The Bertz CT molecular complexity index is 585. The summed E-state index contributed by atoms with van der Waals surface area (Å²) in [6, 6.07) is 6.76. The predicted octanol–water partition coefficient (Wildman–Crippen LogP) is 2.34. The van der Waals surface area contributed by atoms with E-state index < -0.39 is 5.97 Å². The van der Waals surface area contributed by atoms with Crippen LogP contribution in [-0.2, 0) is 4.79 Å². The SMILES string of the molecule is C[N+](C)(CCCCCC(=O)O)CCCNC(=O)c1ccccc1C=O. The zero-order chi connectivity index (χ0) is 18.7. The number of aliphatic carboxylic acids is 1. The number of amides is 1. The highest BCUT2D eigenvalue weighted by molar-refractivity contribution is 6.01. The maximum atomic E-state index is 12.1. The van der Waals surface area contributed by atoms with Gasteiger partial charge in [0.1, 0.15) is 0 Å². The van der Waals surface area contributed by atoms with Crippen LogP contribution in [0.3, 0.4) is 0 Å². The largest absolute Gasteiger partial charge is 0.481 e. The second kappa shape index (κ2) is 10.6. The average Bonchev–Trinajstić information content (AvgIpc) is 2.57. The monoisotopic (exact) mass is 349 g/mol. The third-order valence-corrected chi connectivity index (χ3v) is 4.21. The second-order valence-electron chi connectivity index (χ2n) is 6.90. The van der Waals surface area contributed by atoms with Crippen LogP contribution in [0.15, 0.2) is 24.3 Å². The van der Waals surface area contributed by atoms with Crippen molar-refractivity contribution in [3.05, 3.63) is 35.4 Å². The third kappa shape index (κ3) is 8.44. The van der Waals surface area contributed by atoms with Crippen molar-refractivity contribution >= 4 is 18.2 Å². The molecular formula is C19H29N2O4+. The summed E-state index contributed by atoms with van der Waals surface area (Å²) in [7, 11) is 4.28. The maximum Gasteiger partial charge on any atom is 0.303 e. The molecule has 1 aromatic carbocycles. The summed E-state index contributed by atoms with van der Waals surface area (Å²) in [5, 5.41) is 11.5. The van der Waals surface area contributed by atoms with E-state index in [2.05, 4.69) is 19.4 Å². The molecule has 0 fully saturated rings. The molecule has 2 N–H and O–H groups in total. The predicted molar refractivity (Wildman–Crippen MR) is 96.7 cm³/mol. The van der Waals surface area contributed by atoms with Crippen LogP contribution in [0.1, 0.15) is 52.8 Å². The summed E-state index contributed by atoms with van der Waals surface area (Å²) in [6.45, 7) is 2.47. The van der Waals surface area contributed by atoms with Crippen molar-refractivity contribution in [3.63, 3.8) is 0 Å². The van der Waals surface area contributed by atoms with E-state index in [0.29, 0.717) is 24.0 Å². The van der Waals surface area contributed by atoms with Crippen molar-refractivity contribution in [2.45, 2.75) is 32.1 Å². The summed E-state index contributed by atoms with van der Waals surface area (Å²) in [5.41, 5.74) is 0.808. The van der Waals surface area contributed by atoms with Gasteiger partial charge in [0.2, 0.25) is 0 Å². The van der Waals surface area contributed by atoms with Gasteiger partial charge in [-0.25, -0.2) is 0 Å². The average molecular weight is 349 g/mol. The van der Waals surface area contributed by atoms with Crippen molar-refractivity contribution in [1.82, 2.24) is 5.32 Å². The van der Waals surface area contributed by atoms with Crippen molar-refractivity contribution in [2.75, 3.05) is 33.7 Å². The number of quaternary nitrogens is 1. The Morgan fingerprint density at radius 2 is 1.76 bits per heavy atom. The van der Waals surface area contributed by atoms with Crippen LogP contribution in [0, 0.1) is 0 Å². The minimum absolute atomic E-state index is 0.221. The molecule has 6 heteroatoms. The Labute approximate surface area is 149 Å². The van der Waals surface area contributed by atoms with E-state index in [9.17, 15) is 14.4 Å². The lowest BCUT2D eigenvalue weighted by Crippen LogP contribution is -2.42. The first-order chi connectivity index (χ1) is 11.9. The quantitative estimate of drug-likeness (QED) is 0.345. The van der Waals surface area contributed by atoms with Gasteiger partial charge in [-0.15, -0.1) is 0 Å². The molecule has 0 atom stereocenters. The van der Waals surface area contributed by atoms with Crippen LogP contribution >= 0.6 is 0 Å². The number of hydrogen-bond donors (Lipinski definition) is 2. The number of benzene rings is 1. The lowest BCUT2D eigenvalue weighted by molar-refractivity contribution is -0.890. The summed E-state index contributed by atoms with van der Waals surface area (Å²) in [4.78, 5) is 33.6. The first-order valence-electron chi connectivity index (χ1n) is 8.72. The molecule has 0 saturated heterocycles. The van der Waals surface area contributed by atoms with Gasteiger partial charge in [0.05, 0.1) is 27.2 Å². The highest BCUT2D eigenvalue weighted by Crippen LogP contribution is 2.08. The molecule has 138 valence electrons. The maximum absolute atomic E-state index is 12.1. The number of nitrogens with zero attached hydrogens (tertiary/aromatic N) is 1. The molecule has 0 aliphatic carbocycles. The van der Waals surface area contributed by atoms with Gasteiger partial charge < -0.3 is 14.9 Å². The van der Waals surface area contributed by atoms with Crippen LogP contribution in [0.2, 0.25) is 0 Å². The first-order valence-corrected chi connectivity index (χ1v) is 8.72. The van der Waals surface area contributed by atoms with Crippen LogP contribution < -0.4 is 5.32 Å². The van der Waals surface area contributed by atoms with Gasteiger partial charge in [-0.3, -0.25) is 14.4 Å². The normalized spacial score (nSPS) is 11.1. The topological polar surface area (TPSA) is 83.5 Å². The molecule has 1 rings (SSSR count). The molecular weight excluding hydrogens is 320 g/mol. The minimum atomic E-state index is -0.736. The number of aldehydes is 1. The molecule has 0 spiro atoms. The Morgan fingerprint density at radius 3 is 2.44 bits per heavy atom. The number of hydrogen-bond acceptors (Lipinski definition) is 3. The Balaban J connectivity index is 2.26. The van der Waals surface area contributed by atoms with Gasteiger partial charge in [-0.1, -0.05) is 18.2 Å². The molecule has 0 unspecified atom stereocenters. The highest BCUT2D eigenvalue weighted by atomic mass is 16.4. The molecule has 0 radical (unpaired) electrons. The zero-order valence-electron chi connectivity index (χ0n) is 15.2. The second-order valence-corrected chi connectivity index (χ2v) is 6.90. The van der Waals surface area contributed by atoms with Gasteiger partial charge in [-0.05, 0) is 25.3 Å². The molecule has 0 saturated carbocycles. The van der Waals surface area contributed by atoms with E-state index in [1.807, 2.05) is 0 Å². The molecule has 1 amide bonds. The number of unbranched alkanes of at least 4 members (excludes halogenated alkanes) is 2. The lowest BCUT2D eigenvalue weighted by atomic mass is 10.1. The third-order valence-electron chi connectivity index (χ3n) is 4.21. The molecule has 0 aromatic heterocycles. The summed E-state index contributed by atoms with van der Waals surface area (Å²) in [6.07, 6.45) is 4.42. The van der Waals surface area contributed by atoms with E-state index in [1.54, 1.807) is 24.3 Å². The highest BCUT2D eigenvalue weighted by Gasteiger charge is 2.15. The molecule has 0 aliphatic rings. The number of carboxylic acid groups (broad SMARTS) is 1. The van der Waals surface area contributed by atoms with Gasteiger partial charge in [0.15, 0.2) is 6.29 Å². The van der Waals surface area contributed by atoms with Crippen molar-refractivity contribution in [2.24, 2.45) is 0 Å². The number of carbonyl (C=O) groups is 3. The molecule has 6 nitrogen and oxygen atoms in total. The Morgan fingerprint density at radius 1 is 1.08 bits per heavy atom. The van der Waals surface area contributed by atoms with Crippen LogP contribution in [0.4, 0.5) is 0 Å². The van der Waals surface area contributed by atoms with Crippen molar-refractivity contribution in [3.8, 4) is 0 Å². The number of nitrogens with one attached hydrogen (secondary N) is 1. The van der Waals surface area contributed by atoms with Gasteiger partial charge in [-0.2, -0.15) is 0 Å². The molecule has 1 aromatic rings. The van der Waals surface area contributed by atoms with Gasteiger partial charge in [0, 0.05) is 30.5 Å². The van der Waals surface area contributed by atoms with Crippen LogP contribution in [-0.4, -0.2) is 61.5 Å². The van der Waals surface area contributed by atoms with Gasteiger partial charge in [0.25, 0.3) is 5.91 Å². The summed E-state index contributed by atoms with van der Waals surface area (Å²) in [5.74, 6) is -0.956. The zero-order valence-corrected chi connectivity index (χ0v) is 15.2. The fraction of sp³-hybridized carbons (Fsp3) is 0.526. The van der Waals surface area contributed by atoms with E-state index in [1.165, 1.54) is 0 Å². The number of carboxylic acids is 1. The Kier molecular flexibility index (Phi) is 8.84. The van der Waals surface area contributed by atoms with Crippen LogP contribution in [0.5, 0.6) is 0 Å². The fourth-order valence-electron chi connectivity index (χ4n) is 2.72. The van der Waals surface area contributed by atoms with Crippen molar-refractivity contribution in [1.29, 1.82) is 0 Å². The molecule has 0 aliphatic heterocycles. The smallest absolute Gasteiger partial charge is 0.303 e. The minimum Gasteiger partial charge on any atom is -0.481 e. The standard InChI is InChI=1S/C19H28N2O4/c1-21(2,13-7-3-4-11-18(23)24)14-8-12-20-19(25)17-10-6-5-9-16(17)15-22/h5-6,9-10,15H,3-4,7-8,11-14H2,1-2H3,(H-,20,23,24,25)/p+1. The summed E-state index contributed by atoms with van der Waals surface area (Å²) < 4.78 is 0.841. The molecule has 25 heavy (non-hydrogen) atoms. The van der Waals surface area contributed by atoms with Crippen molar-refractivity contribution < 1.29 is 24.0 Å². The van der Waals surface area contributed by atoms with Crippen LogP contribution in [0.25, 0.3) is 0 Å². The molecule has 0 bridgehead atoms.